The lowest BCUT2D eigenvalue weighted by atomic mass is 9.83. The van der Waals surface area contributed by atoms with Crippen molar-refractivity contribution in [3.8, 4) is 0 Å². The molecule has 0 spiro atoms. The van der Waals surface area contributed by atoms with Crippen LogP contribution in [0.4, 0.5) is 0 Å². The first kappa shape index (κ1) is 12.4. The Morgan fingerprint density at radius 1 is 1.21 bits per heavy atom. The van der Waals surface area contributed by atoms with E-state index in [2.05, 4.69) is 19.2 Å². The Morgan fingerprint density at radius 2 is 2.00 bits per heavy atom. The monoisotopic (exact) mass is 215 g/mol. The Hall–Kier alpha value is 0.310. The number of thioether (sulfide) groups is 1. The van der Waals surface area contributed by atoms with Crippen LogP contribution in [0.15, 0.2) is 0 Å². The summed E-state index contributed by atoms with van der Waals surface area (Å²) in [5, 5.41) is 3.74. The van der Waals surface area contributed by atoms with Crippen LogP contribution in [0.2, 0.25) is 0 Å². The highest BCUT2D eigenvalue weighted by Gasteiger charge is 2.22. The minimum Gasteiger partial charge on any atom is -0.313 e. The van der Waals surface area contributed by atoms with Gasteiger partial charge in [-0.25, -0.2) is 0 Å². The number of hydrogen-bond acceptors (Lipinski definition) is 2. The smallest absolute Gasteiger partial charge is 0.00955 e. The van der Waals surface area contributed by atoms with E-state index in [1.807, 2.05) is 11.8 Å². The Balaban J connectivity index is 2.13. The largest absolute Gasteiger partial charge is 0.313 e. The highest BCUT2D eigenvalue weighted by atomic mass is 32.2. The second-order valence-electron chi connectivity index (χ2n) is 4.21. The van der Waals surface area contributed by atoms with Gasteiger partial charge in [-0.15, -0.1) is 0 Å². The van der Waals surface area contributed by atoms with Crippen LogP contribution >= 0.6 is 11.8 Å². The highest BCUT2D eigenvalue weighted by Crippen LogP contribution is 2.26. The number of rotatable bonds is 6. The predicted octanol–water partition coefficient (Wildman–Crippen LogP) is 3.30. The van der Waals surface area contributed by atoms with Crippen molar-refractivity contribution in [2.45, 2.75) is 52.0 Å². The third-order valence-corrected chi connectivity index (χ3v) is 4.19. The van der Waals surface area contributed by atoms with Gasteiger partial charge in [0.15, 0.2) is 0 Å². The molecular formula is C12H25NS. The first-order valence-corrected chi connectivity index (χ1v) is 7.35. The summed E-state index contributed by atoms with van der Waals surface area (Å²) in [6.45, 7) is 5.78. The van der Waals surface area contributed by atoms with Crippen LogP contribution in [0.3, 0.4) is 0 Å². The molecule has 84 valence electrons. The molecule has 1 aliphatic carbocycles. The maximum Gasteiger partial charge on any atom is 0.00955 e. The molecule has 0 saturated heterocycles. The molecule has 1 aliphatic rings. The minimum absolute atomic E-state index is 0.825. The molecule has 1 N–H and O–H groups in total. The summed E-state index contributed by atoms with van der Waals surface area (Å²) in [6, 6.07) is 0.825. The molecule has 1 saturated carbocycles. The van der Waals surface area contributed by atoms with Crippen molar-refractivity contribution in [1.82, 2.24) is 5.32 Å². The van der Waals surface area contributed by atoms with E-state index in [1.54, 1.807) is 0 Å². The topological polar surface area (TPSA) is 12.0 Å². The van der Waals surface area contributed by atoms with Gasteiger partial charge < -0.3 is 5.32 Å². The van der Waals surface area contributed by atoms with Crippen LogP contribution in [0, 0.1) is 5.92 Å². The average molecular weight is 215 g/mol. The highest BCUT2D eigenvalue weighted by molar-refractivity contribution is 7.99. The van der Waals surface area contributed by atoms with E-state index in [0.29, 0.717) is 0 Å². The van der Waals surface area contributed by atoms with Gasteiger partial charge in [0.25, 0.3) is 0 Å². The maximum atomic E-state index is 3.74. The van der Waals surface area contributed by atoms with Gasteiger partial charge in [0.2, 0.25) is 0 Å². The van der Waals surface area contributed by atoms with Crippen LogP contribution in [-0.4, -0.2) is 24.1 Å². The van der Waals surface area contributed by atoms with E-state index < -0.39 is 0 Å². The first-order valence-electron chi connectivity index (χ1n) is 6.19. The van der Waals surface area contributed by atoms with E-state index in [1.165, 1.54) is 50.2 Å². The molecule has 2 unspecified atom stereocenters. The van der Waals surface area contributed by atoms with Crippen molar-refractivity contribution in [3.63, 3.8) is 0 Å². The van der Waals surface area contributed by atoms with Gasteiger partial charge in [-0.1, -0.05) is 33.1 Å². The molecule has 1 nitrogen and oxygen atoms in total. The Morgan fingerprint density at radius 3 is 2.71 bits per heavy atom. The summed E-state index contributed by atoms with van der Waals surface area (Å²) < 4.78 is 0. The Kier molecular flexibility index (Phi) is 6.70. The molecule has 0 amide bonds. The van der Waals surface area contributed by atoms with Crippen molar-refractivity contribution in [2.24, 2.45) is 5.92 Å². The summed E-state index contributed by atoms with van der Waals surface area (Å²) in [5.74, 6) is 3.49. The predicted molar refractivity (Wildman–Crippen MR) is 67.0 cm³/mol. The molecule has 2 heteroatoms. The molecule has 1 rings (SSSR count). The van der Waals surface area contributed by atoms with Gasteiger partial charge in [-0.05, 0) is 24.5 Å². The molecule has 14 heavy (non-hydrogen) atoms. The van der Waals surface area contributed by atoms with E-state index in [4.69, 9.17) is 0 Å². The molecule has 0 radical (unpaired) electrons. The van der Waals surface area contributed by atoms with Crippen LogP contribution in [0.5, 0.6) is 0 Å². The van der Waals surface area contributed by atoms with Crippen molar-refractivity contribution in [1.29, 1.82) is 0 Å². The second-order valence-corrected chi connectivity index (χ2v) is 5.60. The third-order valence-electron chi connectivity index (χ3n) is 3.29. The van der Waals surface area contributed by atoms with Crippen LogP contribution in [0.25, 0.3) is 0 Å². The molecule has 0 heterocycles. The lowest BCUT2D eigenvalue weighted by molar-refractivity contribution is 0.260. The number of nitrogens with one attached hydrogen (secondary N) is 1. The van der Waals surface area contributed by atoms with Gasteiger partial charge >= 0.3 is 0 Å². The molecule has 0 aromatic carbocycles. The first-order chi connectivity index (χ1) is 6.88. The van der Waals surface area contributed by atoms with Gasteiger partial charge in [0, 0.05) is 18.3 Å². The Bertz CT molecular complexity index is 138. The van der Waals surface area contributed by atoms with Gasteiger partial charge in [0.1, 0.15) is 0 Å². The average Bonchev–Trinajstić information content (AvgIpc) is 2.25. The van der Waals surface area contributed by atoms with Gasteiger partial charge in [0.05, 0.1) is 0 Å². The SMILES string of the molecule is CCSCCNC1CCCCC1CC. The quantitative estimate of drug-likeness (QED) is 0.682. The maximum absolute atomic E-state index is 3.74. The molecule has 2 atom stereocenters. The summed E-state index contributed by atoms with van der Waals surface area (Å²) in [6.07, 6.45) is 7.12. The fraction of sp³-hybridized carbons (Fsp3) is 1.00. The van der Waals surface area contributed by atoms with Gasteiger partial charge in [-0.2, -0.15) is 11.8 Å². The zero-order chi connectivity index (χ0) is 10.2. The fourth-order valence-electron chi connectivity index (χ4n) is 2.43. The van der Waals surface area contributed by atoms with E-state index in [-0.39, 0.29) is 0 Å². The zero-order valence-electron chi connectivity index (χ0n) is 9.72. The minimum atomic E-state index is 0.825. The summed E-state index contributed by atoms with van der Waals surface area (Å²) >= 11 is 2.04. The second kappa shape index (κ2) is 7.58. The lowest BCUT2D eigenvalue weighted by Gasteiger charge is -2.31. The van der Waals surface area contributed by atoms with E-state index in [0.717, 1.165) is 12.0 Å². The normalized spacial score (nSPS) is 27.9. The van der Waals surface area contributed by atoms with Gasteiger partial charge in [-0.3, -0.25) is 0 Å². The Labute approximate surface area is 93.4 Å². The van der Waals surface area contributed by atoms with E-state index in [9.17, 15) is 0 Å². The molecule has 1 fully saturated rings. The number of hydrogen-bond donors (Lipinski definition) is 1. The van der Waals surface area contributed by atoms with E-state index >= 15 is 0 Å². The summed E-state index contributed by atoms with van der Waals surface area (Å²) in [7, 11) is 0. The van der Waals surface area contributed by atoms with Crippen molar-refractivity contribution >= 4 is 11.8 Å². The molecule has 0 bridgehead atoms. The van der Waals surface area contributed by atoms with Crippen LogP contribution < -0.4 is 5.32 Å². The summed E-state index contributed by atoms with van der Waals surface area (Å²) in [4.78, 5) is 0. The fourth-order valence-corrected chi connectivity index (χ4v) is 2.98. The molecule has 0 aliphatic heterocycles. The van der Waals surface area contributed by atoms with Crippen molar-refractivity contribution in [3.05, 3.63) is 0 Å². The van der Waals surface area contributed by atoms with Crippen molar-refractivity contribution < 1.29 is 0 Å². The lowest BCUT2D eigenvalue weighted by Crippen LogP contribution is -2.39. The molecule has 0 aromatic rings. The van der Waals surface area contributed by atoms with Crippen LogP contribution in [-0.2, 0) is 0 Å². The molecule has 0 aromatic heterocycles. The molecular weight excluding hydrogens is 190 g/mol. The third kappa shape index (κ3) is 4.22. The standard InChI is InChI=1S/C12H25NS/c1-3-11-7-5-6-8-12(11)13-9-10-14-4-2/h11-13H,3-10H2,1-2H3. The van der Waals surface area contributed by atoms with Crippen molar-refractivity contribution in [2.75, 3.05) is 18.1 Å². The summed E-state index contributed by atoms with van der Waals surface area (Å²) in [5.41, 5.74) is 0. The van der Waals surface area contributed by atoms with Crippen LogP contribution in [0.1, 0.15) is 46.0 Å². The zero-order valence-corrected chi connectivity index (χ0v) is 10.5.